The largest absolute Gasteiger partial charge is 0.421 e. The molecule has 0 radical (unpaired) electrons. The average molecular weight is 376 g/mol. The molecule has 16 heteroatoms. The highest BCUT2D eigenvalue weighted by atomic mass is 31.2. The Hall–Kier alpha value is -1.04. The van der Waals surface area contributed by atoms with Crippen molar-refractivity contribution in [3.63, 3.8) is 0 Å². The Balaban J connectivity index is 4.48. The molecule has 6 N–H and O–H groups in total. The van der Waals surface area contributed by atoms with Crippen molar-refractivity contribution < 1.29 is 55.9 Å². The van der Waals surface area contributed by atoms with E-state index in [9.17, 15) is 36.3 Å². The number of alkyl halides is 4. The molecule has 130 valence electrons. The van der Waals surface area contributed by atoms with Crippen LogP contribution < -0.4 is 10.6 Å². The van der Waals surface area contributed by atoms with Gasteiger partial charge >= 0.3 is 38.3 Å². The fourth-order valence-electron chi connectivity index (χ4n) is 0.829. The minimum Gasteiger partial charge on any atom is -0.348 e. The summed E-state index contributed by atoms with van der Waals surface area (Å²) in [7, 11) is -12.2. The van der Waals surface area contributed by atoms with Gasteiger partial charge in [0.15, 0.2) is 0 Å². The van der Waals surface area contributed by atoms with Crippen molar-refractivity contribution in [1.29, 1.82) is 0 Å². The van der Waals surface area contributed by atoms with Crippen molar-refractivity contribution in [1.82, 2.24) is 10.6 Å². The second kappa shape index (κ2) is 6.60. The van der Waals surface area contributed by atoms with Crippen molar-refractivity contribution in [2.24, 2.45) is 0 Å². The molecule has 22 heavy (non-hydrogen) atoms. The Kier molecular flexibility index (Phi) is 6.29. The summed E-state index contributed by atoms with van der Waals surface area (Å²) < 4.78 is 71.7. The van der Waals surface area contributed by atoms with Crippen molar-refractivity contribution in [2.75, 3.05) is 13.1 Å². The van der Waals surface area contributed by atoms with Crippen molar-refractivity contribution in [2.45, 2.75) is 11.3 Å². The first-order valence-corrected chi connectivity index (χ1v) is 8.21. The normalized spacial score (nSPS) is 13.6. The molecule has 0 spiro atoms. The summed E-state index contributed by atoms with van der Waals surface area (Å²) in [6.45, 7) is -1.92. The minimum absolute atomic E-state index is 0.961. The van der Waals surface area contributed by atoms with Crippen LogP contribution in [0.25, 0.3) is 0 Å². The third-order valence-electron chi connectivity index (χ3n) is 1.97. The number of hydrogen-bond donors (Lipinski definition) is 6. The predicted molar refractivity (Wildman–Crippen MR) is 60.0 cm³/mol. The van der Waals surface area contributed by atoms with E-state index in [1.807, 2.05) is 0 Å². The minimum atomic E-state index is -6.10. The molecular formula is C6H10F4N2O8P2. The Morgan fingerprint density at radius 3 is 1.18 bits per heavy atom. The number of nitrogens with one attached hydrogen (secondary N) is 2. The highest BCUT2D eigenvalue weighted by Gasteiger charge is 2.56. The Morgan fingerprint density at radius 1 is 0.773 bits per heavy atom. The smallest absolute Gasteiger partial charge is 0.348 e. The van der Waals surface area contributed by atoms with Gasteiger partial charge in [-0.1, -0.05) is 0 Å². The van der Waals surface area contributed by atoms with Crippen LogP contribution in [0.4, 0.5) is 17.6 Å². The van der Waals surface area contributed by atoms with Crippen LogP contribution >= 0.6 is 15.2 Å². The molecular weight excluding hydrogens is 366 g/mol. The maximum Gasteiger partial charge on any atom is 0.421 e. The molecule has 0 rings (SSSR count). The van der Waals surface area contributed by atoms with Crippen LogP contribution in [0.3, 0.4) is 0 Å². The Morgan fingerprint density at radius 2 is 1.00 bits per heavy atom. The number of halogens is 4. The van der Waals surface area contributed by atoms with E-state index in [0.717, 1.165) is 0 Å². The van der Waals surface area contributed by atoms with Crippen LogP contribution in [0.1, 0.15) is 0 Å². The summed E-state index contributed by atoms with van der Waals surface area (Å²) in [6, 6.07) is 0. The molecule has 0 bridgehead atoms. The molecule has 0 atom stereocenters. The van der Waals surface area contributed by atoms with Gasteiger partial charge in [-0.3, -0.25) is 18.7 Å². The van der Waals surface area contributed by atoms with E-state index in [1.165, 1.54) is 10.6 Å². The van der Waals surface area contributed by atoms with Gasteiger partial charge in [-0.2, -0.15) is 17.6 Å². The SMILES string of the molecule is O=C(NCCNC(=O)C(F)(F)P(=O)(O)O)C(F)(F)P(=O)(O)O. The standard InChI is InChI=1S/C6H10F4N2O8P2/c7-5(8,21(15,16)17)3(13)11-1-2-12-4(14)6(9,10)22(18,19)20/h1-2H2,(H,11,13)(H,12,14)(H2,15,16,17)(H2,18,19,20). The van der Waals surface area contributed by atoms with E-state index in [-0.39, 0.29) is 0 Å². The topological polar surface area (TPSA) is 173 Å². The van der Waals surface area contributed by atoms with E-state index in [4.69, 9.17) is 19.6 Å². The van der Waals surface area contributed by atoms with Gasteiger partial charge in [-0.15, -0.1) is 0 Å². The van der Waals surface area contributed by atoms with Gasteiger partial charge in [0.2, 0.25) is 0 Å². The number of carbonyl (C=O) groups excluding carboxylic acids is 2. The Labute approximate surface area is 119 Å². The van der Waals surface area contributed by atoms with Crippen LogP contribution in [-0.2, 0) is 18.7 Å². The van der Waals surface area contributed by atoms with Crippen LogP contribution in [0.2, 0.25) is 0 Å². The highest BCUT2D eigenvalue weighted by molar-refractivity contribution is 7.54. The molecule has 0 aliphatic heterocycles. The lowest BCUT2D eigenvalue weighted by atomic mass is 10.5. The van der Waals surface area contributed by atoms with Gasteiger partial charge < -0.3 is 30.2 Å². The molecule has 10 nitrogen and oxygen atoms in total. The van der Waals surface area contributed by atoms with Crippen LogP contribution in [0.15, 0.2) is 0 Å². The quantitative estimate of drug-likeness (QED) is 0.182. The van der Waals surface area contributed by atoms with Crippen LogP contribution in [-0.4, -0.2) is 55.8 Å². The molecule has 0 saturated carbocycles. The zero-order valence-electron chi connectivity index (χ0n) is 10.2. The van der Waals surface area contributed by atoms with Gasteiger partial charge in [0.1, 0.15) is 0 Å². The van der Waals surface area contributed by atoms with Gasteiger partial charge in [0, 0.05) is 13.1 Å². The Bertz CT molecular complexity index is 495. The van der Waals surface area contributed by atoms with Crippen LogP contribution in [0.5, 0.6) is 0 Å². The van der Waals surface area contributed by atoms with Gasteiger partial charge in [-0.25, -0.2) is 0 Å². The van der Waals surface area contributed by atoms with Crippen molar-refractivity contribution in [3.05, 3.63) is 0 Å². The van der Waals surface area contributed by atoms with E-state index >= 15 is 0 Å². The third-order valence-corrected chi connectivity index (χ3v) is 3.84. The fourth-order valence-corrected chi connectivity index (χ4v) is 1.52. The molecule has 0 unspecified atom stereocenters. The van der Waals surface area contributed by atoms with Crippen molar-refractivity contribution >= 4 is 27.0 Å². The number of amides is 2. The van der Waals surface area contributed by atoms with Gasteiger partial charge in [-0.05, 0) is 0 Å². The number of hydrogen-bond acceptors (Lipinski definition) is 4. The summed E-state index contributed by atoms with van der Waals surface area (Å²) in [5.41, 5.74) is -10.1. The molecule has 0 aliphatic carbocycles. The lowest BCUT2D eigenvalue weighted by Gasteiger charge is -2.18. The third kappa shape index (κ3) is 4.73. The van der Waals surface area contributed by atoms with E-state index < -0.39 is 51.4 Å². The monoisotopic (exact) mass is 376 g/mol. The molecule has 0 aromatic carbocycles. The molecule has 0 saturated heterocycles. The predicted octanol–water partition coefficient (Wildman–Crippen LogP) is -1.24. The first-order chi connectivity index (χ1) is 9.55. The average Bonchev–Trinajstić information content (AvgIpc) is 2.30. The van der Waals surface area contributed by atoms with Gasteiger partial charge in [0.25, 0.3) is 0 Å². The maximum atomic E-state index is 12.8. The molecule has 0 aliphatic rings. The zero-order valence-corrected chi connectivity index (χ0v) is 12.0. The van der Waals surface area contributed by atoms with E-state index in [1.54, 1.807) is 0 Å². The summed E-state index contributed by atoms with van der Waals surface area (Å²) in [4.78, 5) is 54.4. The zero-order chi connectivity index (χ0) is 18.0. The van der Waals surface area contributed by atoms with Gasteiger partial charge in [0.05, 0.1) is 0 Å². The summed E-state index contributed by atoms with van der Waals surface area (Å²) in [5, 5.41) is 2.48. The van der Waals surface area contributed by atoms with E-state index in [2.05, 4.69) is 0 Å². The fraction of sp³-hybridized carbons (Fsp3) is 0.667. The highest BCUT2D eigenvalue weighted by Crippen LogP contribution is 2.53. The summed E-state index contributed by atoms with van der Waals surface area (Å²) >= 11 is 0. The molecule has 0 aromatic heterocycles. The molecule has 0 fully saturated rings. The number of rotatable bonds is 7. The molecule has 0 aromatic rings. The second-order valence-electron chi connectivity index (χ2n) is 3.68. The summed E-state index contributed by atoms with van der Waals surface area (Å²) in [6.07, 6.45) is 0. The van der Waals surface area contributed by atoms with E-state index in [0.29, 0.717) is 0 Å². The first kappa shape index (κ1) is 21.0. The summed E-state index contributed by atoms with van der Waals surface area (Å²) in [5.74, 6) is -4.84. The lowest BCUT2D eigenvalue weighted by molar-refractivity contribution is -0.139. The lowest BCUT2D eigenvalue weighted by Crippen LogP contribution is -2.46. The first-order valence-electron chi connectivity index (χ1n) is 4.98. The molecule has 2 amide bonds. The van der Waals surface area contributed by atoms with Crippen LogP contribution in [0, 0.1) is 0 Å². The second-order valence-corrected chi connectivity index (χ2v) is 6.98. The van der Waals surface area contributed by atoms with Crippen molar-refractivity contribution in [3.8, 4) is 0 Å². The number of carbonyl (C=O) groups is 2. The molecule has 0 heterocycles. The maximum absolute atomic E-state index is 12.8.